The number of carbonyl (C=O) groups excluding carboxylic acids is 1. The number of hydrogen-bond donors (Lipinski definition) is 2. The van der Waals surface area contributed by atoms with Gasteiger partial charge in [0.1, 0.15) is 6.04 Å². The van der Waals surface area contributed by atoms with Crippen molar-refractivity contribution in [3.63, 3.8) is 0 Å². The highest BCUT2D eigenvalue weighted by Gasteiger charge is 2.57. The fourth-order valence-corrected chi connectivity index (χ4v) is 5.99. The molecule has 5 rings (SSSR count). The van der Waals surface area contributed by atoms with Crippen LogP contribution in [0.15, 0.2) is 0 Å². The Morgan fingerprint density at radius 1 is 1.32 bits per heavy atom. The molecule has 22 heavy (non-hydrogen) atoms. The zero-order valence-corrected chi connectivity index (χ0v) is 13.1. The molecule has 4 bridgehead atoms. The number of rotatable bonds is 3. The molecule has 120 valence electrons. The van der Waals surface area contributed by atoms with E-state index in [9.17, 15) is 9.90 Å². The van der Waals surface area contributed by atoms with Crippen LogP contribution in [0.3, 0.4) is 0 Å². The summed E-state index contributed by atoms with van der Waals surface area (Å²) in [5.41, 5.74) is -0.542. The third kappa shape index (κ3) is 2.33. The Hall–Kier alpha value is -1.12. The smallest absolute Gasteiger partial charge is 0.237 e. The van der Waals surface area contributed by atoms with Crippen LogP contribution in [0, 0.1) is 23.2 Å². The van der Waals surface area contributed by atoms with Gasteiger partial charge in [-0.25, -0.2) is 0 Å². The van der Waals surface area contributed by atoms with Gasteiger partial charge in [0, 0.05) is 12.1 Å². The Morgan fingerprint density at radius 3 is 2.68 bits per heavy atom. The summed E-state index contributed by atoms with van der Waals surface area (Å²) in [5, 5.41) is 23.4. The van der Waals surface area contributed by atoms with Crippen molar-refractivity contribution in [2.24, 2.45) is 11.8 Å². The van der Waals surface area contributed by atoms with Crippen LogP contribution in [-0.2, 0) is 4.79 Å². The Morgan fingerprint density at radius 2 is 2.05 bits per heavy atom. The van der Waals surface area contributed by atoms with Crippen LogP contribution in [0.2, 0.25) is 0 Å². The number of likely N-dealkylation sites (tertiary alicyclic amines) is 1. The molecule has 0 aromatic carbocycles. The van der Waals surface area contributed by atoms with Gasteiger partial charge in [-0.2, -0.15) is 5.26 Å². The van der Waals surface area contributed by atoms with Crippen LogP contribution in [0.4, 0.5) is 0 Å². The van der Waals surface area contributed by atoms with E-state index in [-0.39, 0.29) is 17.5 Å². The van der Waals surface area contributed by atoms with Gasteiger partial charge in [0.15, 0.2) is 0 Å². The predicted molar refractivity (Wildman–Crippen MR) is 80.7 cm³/mol. The number of carbonyl (C=O) groups is 1. The van der Waals surface area contributed by atoms with Crippen molar-refractivity contribution in [3.8, 4) is 6.07 Å². The number of hydrogen-bond acceptors (Lipinski definition) is 4. The van der Waals surface area contributed by atoms with Gasteiger partial charge in [-0.15, -0.1) is 0 Å². The molecule has 1 amide bonds. The molecule has 5 fully saturated rings. The molecule has 1 heterocycles. The average Bonchev–Trinajstić information content (AvgIpc) is 2.90. The summed E-state index contributed by atoms with van der Waals surface area (Å²) < 4.78 is 0. The minimum Gasteiger partial charge on any atom is -0.390 e. The average molecular weight is 309 g/mol. The van der Waals surface area contributed by atoms with Gasteiger partial charge in [0.2, 0.25) is 5.91 Å². The lowest BCUT2D eigenvalue weighted by Gasteiger charge is -2.60. The van der Waals surface area contributed by atoms with Gasteiger partial charge in [-0.3, -0.25) is 4.79 Å². The third-order valence-corrected chi connectivity index (χ3v) is 6.37. The Balaban J connectivity index is 1.41. The standard InChI is InChI=1S/C17H25N3O2/c18-9-14-2-1-3-20(14)15(21)10-19-16-5-12-4-13(6-16)8-17(22,7-12)11-16/h12-14,19,22H,1-8,10-11H2/t12-,13+,14-,16?,17?/m0/s1/i1+1,2+1,3+1,9+1,14+1,20+1. The van der Waals surface area contributed by atoms with E-state index in [0.29, 0.717) is 24.9 Å². The molecule has 5 aliphatic rings. The quantitative estimate of drug-likeness (QED) is 0.606. The summed E-state index contributed by atoms with van der Waals surface area (Å²) in [7, 11) is 0. The number of amides is 1. The molecule has 0 aromatic heterocycles. The van der Waals surface area contributed by atoms with Crippen LogP contribution < -0.4 is 5.32 Å². The molecule has 0 spiro atoms. The van der Waals surface area contributed by atoms with Crippen molar-refractivity contribution >= 4 is 5.91 Å². The zero-order chi connectivity index (χ0) is 15.4. The molecular weight excluding hydrogens is 284 g/mol. The summed E-state index contributed by atoms with van der Waals surface area (Å²) in [4.78, 5) is 14.2. The number of nitriles is 1. The predicted octanol–water partition coefficient (Wildman–Crippen LogP) is 1.17. The zero-order valence-electron chi connectivity index (χ0n) is 13.1. The molecule has 5 nitrogen and oxygen atoms in total. The van der Waals surface area contributed by atoms with Gasteiger partial charge >= 0.3 is 0 Å². The van der Waals surface area contributed by atoms with E-state index in [0.717, 1.165) is 44.9 Å². The maximum atomic E-state index is 12.4. The molecular formula is C17H25N3O2. The molecule has 0 radical (unpaired) electrons. The van der Waals surface area contributed by atoms with Crippen molar-refractivity contribution in [3.05, 3.63) is 0 Å². The van der Waals surface area contributed by atoms with Gasteiger partial charge in [0.25, 0.3) is 0 Å². The molecule has 2 N–H and O–H groups in total. The normalized spacial score (nSPS) is 46.0. The van der Waals surface area contributed by atoms with E-state index in [1.807, 2.05) is 0 Å². The first kappa shape index (κ1) is 14.5. The molecule has 5 heteroatoms. The number of nitrogens with one attached hydrogen (secondary N) is 1. The summed E-state index contributed by atoms with van der Waals surface area (Å²) in [6.07, 6.45) is 7.87. The lowest BCUT2D eigenvalue weighted by molar-refractivity contribution is -0.147. The van der Waals surface area contributed by atoms with Crippen LogP contribution >= 0.6 is 0 Å². The Bertz CT molecular complexity index is 512. The van der Waals surface area contributed by atoms with Crippen LogP contribution in [0.5, 0.6) is 0 Å². The summed E-state index contributed by atoms with van der Waals surface area (Å²) in [5.74, 6) is 1.28. The second-order valence-corrected chi connectivity index (χ2v) is 8.19. The van der Waals surface area contributed by atoms with Gasteiger partial charge in [-0.1, -0.05) is 0 Å². The van der Waals surface area contributed by atoms with Crippen molar-refractivity contribution in [1.82, 2.24) is 10.2 Å². The van der Waals surface area contributed by atoms with Crippen LogP contribution in [0.25, 0.3) is 0 Å². The monoisotopic (exact) mass is 309 g/mol. The highest BCUT2D eigenvalue weighted by Crippen LogP contribution is 2.57. The topological polar surface area (TPSA) is 76.4 Å². The van der Waals surface area contributed by atoms with E-state index in [1.165, 1.54) is 6.42 Å². The van der Waals surface area contributed by atoms with Crippen molar-refractivity contribution in [2.45, 2.75) is 68.5 Å². The molecule has 2 unspecified atom stereocenters. The van der Waals surface area contributed by atoms with Crippen molar-refractivity contribution in [1.29, 1.82) is 5.26 Å². The largest absolute Gasteiger partial charge is 0.390 e. The molecule has 4 aliphatic carbocycles. The second-order valence-electron chi connectivity index (χ2n) is 8.19. The molecule has 1 saturated heterocycles. The van der Waals surface area contributed by atoms with Gasteiger partial charge in [0.05, 0.1) is 18.2 Å². The highest BCUT2D eigenvalue weighted by atomic mass is 16.3. The van der Waals surface area contributed by atoms with E-state index >= 15 is 0 Å². The van der Waals surface area contributed by atoms with Crippen LogP contribution in [-0.4, -0.2) is 46.2 Å². The minimum absolute atomic E-state index is 0.0453. The Kier molecular flexibility index (Phi) is 3.25. The van der Waals surface area contributed by atoms with Crippen molar-refractivity contribution in [2.75, 3.05) is 13.1 Å². The van der Waals surface area contributed by atoms with Gasteiger partial charge in [-0.05, 0) is 63.2 Å². The fraction of sp³-hybridized carbons (Fsp3) is 0.882. The molecule has 0 aromatic rings. The lowest BCUT2D eigenvalue weighted by atomic mass is 9.51. The lowest BCUT2D eigenvalue weighted by Crippen LogP contribution is -2.65. The maximum absolute atomic E-state index is 12.4. The molecule has 1 aliphatic heterocycles. The van der Waals surface area contributed by atoms with E-state index in [4.69, 9.17) is 5.26 Å². The van der Waals surface area contributed by atoms with Crippen LogP contribution in [0.1, 0.15) is 51.4 Å². The molecule has 4 saturated carbocycles. The van der Waals surface area contributed by atoms with Crippen molar-refractivity contribution < 1.29 is 9.90 Å². The number of aliphatic hydroxyl groups is 1. The summed E-state index contributed by atoms with van der Waals surface area (Å²) >= 11 is 0. The minimum atomic E-state index is -0.497. The summed E-state index contributed by atoms with van der Waals surface area (Å²) in [6, 6.07) is 1.99. The second kappa shape index (κ2) is 4.94. The Labute approximate surface area is 131 Å². The third-order valence-electron chi connectivity index (χ3n) is 6.37. The molecule has 5 atom stereocenters. The van der Waals surface area contributed by atoms with E-state index in [2.05, 4.69) is 11.4 Å². The van der Waals surface area contributed by atoms with Gasteiger partial charge < -0.3 is 15.3 Å². The summed E-state index contributed by atoms with van der Waals surface area (Å²) in [6.45, 7) is 1.02. The maximum Gasteiger partial charge on any atom is 0.237 e. The van der Waals surface area contributed by atoms with E-state index in [1.54, 1.807) is 4.90 Å². The first-order chi connectivity index (χ1) is 10.5. The van der Waals surface area contributed by atoms with E-state index < -0.39 is 5.60 Å². The fourth-order valence-electron chi connectivity index (χ4n) is 5.99. The SMILES string of the molecule is N#[13C][13C@@H]1[13CH2][13CH2][13CH2][15N]1C(=O)CNC12C[C@@H]3C[C@@H](CC(O)(C3)C1)C2. The number of nitrogens with zero attached hydrogens (tertiary/aromatic N) is 2. The first-order valence-electron chi connectivity index (χ1n) is 8.67. The highest BCUT2D eigenvalue weighted by molar-refractivity contribution is 5.79. The first-order valence-corrected chi connectivity index (χ1v) is 8.67.